The van der Waals surface area contributed by atoms with Crippen molar-refractivity contribution >= 4 is 22.6 Å². The van der Waals surface area contributed by atoms with Crippen LogP contribution in [0, 0.1) is 0 Å². The van der Waals surface area contributed by atoms with Crippen LogP contribution in [0.15, 0.2) is 39.5 Å². The fourth-order valence-corrected chi connectivity index (χ4v) is 1.30. The van der Waals surface area contributed by atoms with Crippen LogP contribution < -0.4 is 16.5 Å². The van der Waals surface area contributed by atoms with Crippen LogP contribution in [0.3, 0.4) is 0 Å². The first kappa shape index (κ1) is 10.2. The van der Waals surface area contributed by atoms with Crippen molar-refractivity contribution in [1.82, 2.24) is 5.43 Å². The number of hydrazine groups is 1. The molecule has 0 fully saturated rings. The molecule has 0 saturated carbocycles. The van der Waals surface area contributed by atoms with Crippen LogP contribution in [0.25, 0.3) is 11.0 Å². The minimum atomic E-state index is -0.521. The van der Waals surface area contributed by atoms with Crippen molar-refractivity contribution in [3.05, 3.63) is 40.8 Å². The van der Waals surface area contributed by atoms with Crippen molar-refractivity contribution < 1.29 is 9.21 Å². The lowest BCUT2D eigenvalue weighted by Gasteiger charge is -2.05. The van der Waals surface area contributed by atoms with Gasteiger partial charge in [0.1, 0.15) is 11.3 Å². The molecule has 5 nitrogen and oxygen atoms in total. The van der Waals surface area contributed by atoms with Gasteiger partial charge < -0.3 is 4.42 Å². The van der Waals surface area contributed by atoms with Gasteiger partial charge in [-0.2, -0.15) is 0 Å². The van der Waals surface area contributed by atoms with E-state index in [2.05, 4.69) is 10.9 Å². The summed E-state index contributed by atoms with van der Waals surface area (Å²) in [6.45, 7) is 1.34. The third kappa shape index (κ3) is 2.03. The van der Waals surface area contributed by atoms with E-state index in [0.717, 1.165) is 5.39 Å². The molecule has 5 heteroatoms. The van der Waals surface area contributed by atoms with E-state index >= 15 is 0 Å². The highest BCUT2D eigenvalue weighted by molar-refractivity contribution is 5.80. The van der Waals surface area contributed by atoms with Crippen LogP contribution >= 0.6 is 0 Å². The van der Waals surface area contributed by atoms with Gasteiger partial charge in [0.05, 0.1) is 0 Å². The molecule has 1 aromatic carbocycles. The predicted octanol–water partition coefficient (Wildman–Crippen LogP) is 1.26. The number of benzene rings is 1. The molecule has 0 radical (unpaired) electrons. The Balaban J connectivity index is 2.42. The van der Waals surface area contributed by atoms with E-state index < -0.39 is 5.63 Å². The summed E-state index contributed by atoms with van der Waals surface area (Å²) in [5.41, 5.74) is 5.01. The van der Waals surface area contributed by atoms with E-state index in [4.69, 9.17) is 4.42 Å². The van der Waals surface area contributed by atoms with Crippen LogP contribution in [0.5, 0.6) is 0 Å². The smallest absolute Gasteiger partial charge is 0.361 e. The summed E-state index contributed by atoms with van der Waals surface area (Å²) in [5, 5.41) is 0.787. The van der Waals surface area contributed by atoms with Gasteiger partial charge in [0.25, 0.3) is 0 Å². The van der Waals surface area contributed by atoms with E-state index in [9.17, 15) is 9.59 Å². The lowest BCUT2D eigenvalue weighted by Crippen LogP contribution is -2.29. The van der Waals surface area contributed by atoms with Gasteiger partial charge in [-0.3, -0.25) is 15.6 Å². The molecule has 0 saturated heterocycles. The van der Waals surface area contributed by atoms with E-state index in [-0.39, 0.29) is 11.6 Å². The number of carbonyl (C=O) groups is 1. The number of rotatable bonds is 2. The van der Waals surface area contributed by atoms with Crippen LogP contribution in [0.1, 0.15) is 6.92 Å². The zero-order valence-electron chi connectivity index (χ0n) is 8.61. The highest BCUT2D eigenvalue weighted by Crippen LogP contribution is 2.14. The molecule has 0 atom stereocenters. The minimum Gasteiger partial charge on any atom is -0.421 e. The quantitative estimate of drug-likeness (QED) is 0.588. The molecule has 1 aromatic heterocycles. The molecule has 0 spiro atoms. The number of anilines is 1. The number of hydrogen-bond acceptors (Lipinski definition) is 4. The van der Waals surface area contributed by atoms with E-state index in [0.29, 0.717) is 5.58 Å². The Labute approximate surface area is 91.0 Å². The Morgan fingerprint density at radius 2 is 2.06 bits per heavy atom. The normalized spacial score (nSPS) is 10.1. The highest BCUT2D eigenvalue weighted by Gasteiger charge is 2.04. The second kappa shape index (κ2) is 4.06. The van der Waals surface area contributed by atoms with Crippen molar-refractivity contribution in [1.29, 1.82) is 0 Å². The van der Waals surface area contributed by atoms with E-state index in [1.807, 2.05) is 12.1 Å². The van der Waals surface area contributed by atoms with Crippen molar-refractivity contribution in [2.24, 2.45) is 0 Å². The minimum absolute atomic E-state index is 0.203. The Morgan fingerprint density at radius 1 is 1.31 bits per heavy atom. The molecule has 1 heterocycles. The van der Waals surface area contributed by atoms with Crippen molar-refractivity contribution in [2.75, 3.05) is 5.43 Å². The summed E-state index contributed by atoms with van der Waals surface area (Å²) in [5.74, 6) is -0.285. The van der Waals surface area contributed by atoms with Gasteiger partial charge in [0, 0.05) is 12.3 Å². The summed E-state index contributed by atoms with van der Waals surface area (Å²) >= 11 is 0. The third-order valence-electron chi connectivity index (χ3n) is 2.01. The standard InChI is InChI=1S/C11H10N2O3/c1-7(14)12-13-9-6-8-4-2-3-5-10(8)16-11(9)15/h2-6,13H,1H3,(H,12,14). The molecule has 82 valence electrons. The number of nitrogens with one attached hydrogen (secondary N) is 2. The summed E-state index contributed by atoms with van der Waals surface area (Å²) in [6.07, 6.45) is 0. The second-order valence-electron chi connectivity index (χ2n) is 3.29. The topological polar surface area (TPSA) is 71.3 Å². The van der Waals surface area contributed by atoms with Gasteiger partial charge in [0.2, 0.25) is 5.91 Å². The van der Waals surface area contributed by atoms with Gasteiger partial charge in [0.15, 0.2) is 0 Å². The van der Waals surface area contributed by atoms with E-state index in [1.54, 1.807) is 18.2 Å². The number of para-hydroxylation sites is 1. The SMILES string of the molecule is CC(=O)NNc1cc2ccccc2oc1=O. The molecule has 1 amide bonds. The number of carbonyl (C=O) groups excluding carboxylic acids is 1. The lowest BCUT2D eigenvalue weighted by atomic mass is 10.2. The monoisotopic (exact) mass is 218 g/mol. The molecule has 2 rings (SSSR count). The zero-order valence-corrected chi connectivity index (χ0v) is 8.61. The second-order valence-corrected chi connectivity index (χ2v) is 3.29. The molecular weight excluding hydrogens is 208 g/mol. The molecule has 0 bridgehead atoms. The van der Waals surface area contributed by atoms with Crippen molar-refractivity contribution in [3.8, 4) is 0 Å². The van der Waals surface area contributed by atoms with Crippen LogP contribution in [-0.4, -0.2) is 5.91 Å². The van der Waals surface area contributed by atoms with Gasteiger partial charge in [-0.1, -0.05) is 18.2 Å². The van der Waals surface area contributed by atoms with Gasteiger partial charge in [-0.25, -0.2) is 4.79 Å². The maximum Gasteiger partial charge on any atom is 0.361 e. The Bertz CT molecular complexity index is 589. The molecule has 16 heavy (non-hydrogen) atoms. The van der Waals surface area contributed by atoms with Crippen LogP contribution in [0.2, 0.25) is 0 Å². The first-order valence-electron chi connectivity index (χ1n) is 4.72. The van der Waals surface area contributed by atoms with Crippen molar-refractivity contribution in [3.63, 3.8) is 0 Å². The molecule has 0 aliphatic carbocycles. The number of fused-ring (bicyclic) bond motifs is 1. The first-order valence-corrected chi connectivity index (χ1v) is 4.72. The molecule has 0 aliphatic rings. The predicted molar refractivity (Wildman–Crippen MR) is 59.9 cm³/mol. The maximum absolute atomic E-state index is 11.5. The molecule has 2 aromatic rings. The Hall–Kier alpha value is -2.30. The summed E-state index contributed by atoms with van der Waals surface area (Å²) in [4.78, 5) is 22.2. The van der Waals surface area contributed by atoms with Gasteiger partial charge in [-0.05, 0) is 12.1 Å². The van der Waals surface area contributed by atoms with Crippen molar-refractivity contribution in [2.45, 2.75) is 6.92 Å². The summed E-state index contributed by atoms with van der Waals surface area (Å²) in [7, 11) is 0. The maximum atomic E-state index is 11.5. The van der Waals surface area contributed by atoms with Crippen LogP contribution in [0.4, 0.5) is 5.69 Å². The lowest BCUT2D eigenvalue weighted by molar-refractivity contribution is -0.118. The fourth-order valence-electron chi connectivity index (χ4n) is 1.30. The summed E-state index contributed by atoms with van der Waals surface area (Å²) < 4.78 is 5.06. The van der Waals surface area contributed by atoms with E-state index in [1.165, 1.54) is 6.92 Å². The molecular formula is C11H10N2O3. The largest absolute Gasteiger partial charge is 0.421 e. The van der Waals surface area contributed by atoms with Gasteiger partial charge >= 0.3 is 5.63 Å². The Kier molecular flexibility index (Phi) is 2.59. The Morgan fingerprint density at radius 3 is 2.81 bits per heavy atom. The fraction of sp³-hybridized carbons (Fsp3) is 0.0909. The highest BCUT2D eigenvalue weighted by atomic mass is 16.4. The molecule has 0 aliphatic heterocycles. The number of amides is 1. The average molecular weight is 218 g/mol. The van der Waals surface area contributed by atoms with Crippen LogP contribution in [-0.2, 0) is 4.79 Å². The summed E-state index contributed by atoms with van der Waals surface area (Å²) in [6, 6.07) is 8.77. The first-order chi connectivity index (χ1) is 7.66. The number of hydrogen-bond donors (Lipinski definition) is 2. The molecule has 0 unspecified atom stereocenters. The van der Waals surface area contributed by atoms with Gasteiger partial charge in [-0.15, -0.1) is 0 Å². The third-order valence-corrected chi connectivity index (χ3v) is 2.01. The average Bonchev–Trinajstić information content (AvgIpc) is 2.26. The molecule has 2 N–H and O–H groups in total. The zero-order chi connectivity index (χ0) is 11.5.